The fraction of sp³-hybridized carbons (Fsp3) is 0.450. The van der Waals surface area contributed by atoms with Crippen LogP contribution in [0, 0.1) is 0 Å². The number of fused-ring (bicyclic) bond motifs is 1. The van der Waals surface area contributed by atoms with E-state index in [0.29, 0.717) is 50.7 Å². The molecule has 7 nitrogen and oxygen atoms in total. The molecule has 2 aliphatic rings. The second kappa shape index (κ2) is 7.89. The number of rotatable bonds is 3. The molecule has 1 aromatic carbocycles. The molecule has 0 unspecified atom stereocenters. The minimum atomic E-state index is -0.538. The van der Waals surface area contributed by atoms with Crippen LogP contribution in [-0.4, -0.2) is 48.8 Å². The molecule has 0 aliphatic carbocycles. The Hall–Kier alpha value is -2.45. The maximum atomic E-state index is 13.7. The highest BCUT2D eigenvalue weighted by Crippen LogP contribution is 2.38. The van der Waals surface area contributed by atoms with Crippen LogP contribution in [0.2, 0.25) is 0 Å². The van der Waals surface area contributed by atoms with Gasteiger partial charge in [0.1, 0.15) is 0 Å². The van der Waals surface area contributed by atoms with Crippen molar-refractivity contribution in [2.24, 2.45) is 0 Å². The number of benzene rings is 1. The molecule has 0 atom stereocenters. The van der Waals surface area contributed by atoms with E-state index in [9.17, 15) is 9.59 Å². The van der Waals surface area contributed by atoms with Crippen molar-refractivity contribution in [2.75, 3.05) is 32.2 Å². The molecule has 4 rings (SSSR count). The Balaban J connectivity index is 1.57. The van der Waals surface area contributed by atoms with E-state index in [1.807, 2.05) is 35.2 Å². The van der Waals surface area contributed by atoms with Gasteiger partial charge in [0.05, 0.1) is 24.8 Å². The van der Waals surface area contributed by atoms with Gasteiger partial charge in [0.15, 0.2) is 5.13 Å². The van der Waals surface area contributed by atoms with E-state index < -0.39 is 11.5 Å². The van der Waals surface area contributed by atoms with Crippen molar-refractivity contribution in [3.05, 3.63) is 46.5 Å². The number of anilines is 1. The van der Waals surface area contributed by atoms with Crippen LogP contribution in [0.5, 0.6) is 0 Å². The minimum Gasteiger partial charge on any atom is -0.453 e. The smallest absolute Gasteiger partial charge is 0.413 e. The zero-order valence-corrected chi connectivity index (χ0v) is 16.6. The van der Waals surface area contributed by atoms with Crippen molar-refractivity contribution < 1.29 is 19.1 Å². The first-order valence-corrected chi connectivity index (χ1v) is 10.2. The zero-order chi connectivity index (χ0) is 19.6. The van der Waals surface area contributed by atoms with Gasteiger partial charge in [-0.15, -0.1) is 0 Å². The third-order valence-electron chi connectivity index (χ3n) is 5.49. The molecule has 2 amide bonds. The van der Waals surface area contributed by atoms with Crippen molar-refractivity contribution in [2.45, 2.75) is 31.2 Å². The van der Waals surface area contributed by atoms with Crippen molar-refractivity contribution in [1.82, 2.24) is 9.88 Å². The quantitative estimate of drug-likeness (QED) is 0.855. The van der Waals surface area contributed by atoms with E-state index in [4.69, 9.17) is 4.74 Å². The summed E-state index contributed by atoms with van der Waals surface area (Å²) in [6.45, 7) is 2.33. The van der Waals surface area contributed by atoms with Gasteiger partial charge in [-0.1, -0.05) is 41.7 Å². The fourth-order valence-electron chi connectivity index (χ4n) is 3.97. The summed E-state index contributed by atoms with van der Waals surface area (Å²) in [6.07, 6.45) is 1.53. The molecule has 148 valence electrons. The van der Waals surface area contributed by atoms with Crippen LogP contribution in [0.25, 0.3) is 0 Å². The Bertz CT molecular complexity index is 862. The van der Waals surface area contributed by atoms with E-state index in [0.717, 1.165) is 16.1 Å². The lowest BCUT2D eigenvalue weighted by Gasteiger charge is -2.41. The largest absolute Gasteiger partial charge is 0.453 e. The van der Waals surface area contributed by atoms with E-state index >= 15 is 0 Å². The first-order valence-electron chi connectivity index (χ1n) is 9.38. The first-order chi connectivity index (χ1) is 13.6. The van der Waals surface area contributed by atoms with Crippen molar-refractivity contribution in [3.63, 3.8) is 0 Å². The van der Waals surface area contributed by atoms with Crippen molar-refractivity contribution >= 4 is 28.5 Å². The average Bonchev–Trinajstić information content (AvgIpc) is 3.15. The fourth-order valence-corrected chi connectivity index (χ4v) is 4.98. The normalized spacial score (nSPS) is 18.2. The second-order valence-corrected chi connectivity index (χ2v) is 8.13. The maximum absolute atomic E-state index is 13.7. The van der Waals surface area contributed by atoms with Gasteiger partial charge < -0.3 is 14.4 Å². The highest BCUT2D eigenvalue weighted by atomic mass is 32.1. The summed E-state index contributed by atoms with van der Waals surface area (Å²) in [5.74, 6) is 0.156. The van der Waals surface area contributed by atoms with Crippen LogP contribution >= 0.6 is 11.3 Å². The number of carbonyl (C=O) groups is 2. The number of nitrogens with one attached hydrogen (secondary N) is 1. The molecule has 1 fully saturated rings. The SMILES string of the molecule is COC(=O)Nc1nc2c(s1)CN(C(=O)C1(c3ccccc3)CCOCC1)CC2. The number of hydrogen-bond donors (Lipinski definition) is 1. The number of hydrogen-bond acceptors (Lipinski definition) is 6. The van der Waals surface area contributed by atoms with Gasteiger partial charge in [-0.25, -0.2) is 9.78 Å². The molecule has 8 heteroatoms. The number of ether oxygens (including phenoxy) is 2. The van der Waals surface area contributed by atoms with E-state index in [1.165, 1.54) is 18.4 Å². The molecule has 1 aromatic heterocycles. The van der Waals surface area contributed by atoms with Crippen molar-refractivity contribution in [3.8, 4) is 0 Å². The molecule has 28 heavy (non-hydrogen) atoms. The average molecular weight is 401 g/mol. The third kappa shape index (κ3) is 3.49. The zero-order valence-electron chi connectivity index (χ0n) is 15.8. The van der Waals surface area contributed by atoms with Gasteiger partial charge in [0.2, 0.25) is 5.91 Å². The molecule has 0 saturated carbocycles. The highest BCUT2D eigenvalue weighted by molar-refractivity contribution is 7.15. The van der Waals surface area contributed by atoms with Crippen LogP contribution < -0.4 is 5.32 Å². The lowest BCUT2D eigenvalue weighted by atomic mass is 9.73. The summed E-state index contributed by atoms with van der Waals surface area (Å²) in [7, 11) is 1.32. The Morgan fingerprint density at radius 1 is 1.25 bits per heavy atom. The Morgan fingerprint density at radius 2 is 2.00 bits per heavy atom. The molecule has 2 aromatic rings. The Labute approximate surface area is 167 Å². The molecule has 3 heterocycles. The first kappa shape index (κ1) is 18.9. The highest BCUT2D eigenvalue weighted by Gasteiger charge is 2.44. The summed E-state index contributed by atoms with van der Waals surface area (Å²) < 4.78 is 10.2. The summed E-state index contributed by atoms with van der Waals surface area (Å²) in [5, 5.41) is 3.13. The number of aromatic nitrogens is 1. The molecule has 0 spiro atoms. The lowest BCUT2D eigenvalue weighted by molar-refractivity contribution is -0.142. The maximum Gasteiger partial charge on any atom is 0.413 e. The topological polar surface area (TPSA) is 80.8 Å². The summed E-state index contributed by atoms with van der Waals surface area (Å²) in [6, 6.07) is 10.0. The van der Waals surface area contributed by atoms with Crippen molar-refractivity contribution in [1.29, 1.82) is 0 Å². The summed E-state index contributed by atoms with van der Waals surface area (Å²) in [5.41, 5.74) is 1.47. The predicted octanol–water partition coefficient (Wildman–Crippen LogP) is 2.95. The monoisotopic (exact) mass is 401 g/mol. The van der Waals surface area contributed by atoms with E-state index in [-0.39, 0.29) is 5.91 Å². The molecular formula is C20H23N3O4S. The van der Waals surface area contributed by atoms with Crippen LogP contribution in [0.3, 0.4) is 0 Å². The van der Waals surface area contributed by atoms with Gasteiger partial charge in [0.25, 0.3) is 0 Å². The lowest BCUT2D eigenvalue weighted by Crippen LogP contribution is -2.51. The second-order valence-electron chi connectivity index (χ2n) is 7.04. The van der Waals surface area contributed by atoms with E-state index in [1.54, 1.807) is 0 Å². The number of thiazole rings is 1. The molecule has 1 saturated heterocycles. The number of amides is 2. The van der Waals surface area contributed by atoms with Gasteiger partial charge in [-0.05, 0) is 18.4 Å². The Morgan fingerprint density at radius 3 is 2.71 bits per heavy atom. The van der Waals surface area contributed by atoms with Crippen LogP contribution in [0.4, 0.5) is 9.93 Å². The molecule has 0 bridgehead atoms. The van der Waals surface area contributed by atoms with Gasteiger partial charge in [-0.2, -0.15) is 0 Å². The van der Waals surface area contributed by atoms with Gasteiger partial charge >= 0.3 is 6.09 Å². The van der Waals surface area contributed by atoms with E-state index in [2.05, 4.69) is 15.0 Å². The Kier molecular flexibility index (Phi) is 5.32. The summed E-state index contributed by atoms with van der Waals surface area (Å²) in [4.78, 5) is 32.5. The number of carbonyl (C=O) groups excluding carboxylic acids is 2. The van der Waals surface area contributed by atoms with Gasteiger partial charge in [-0.3, -0.25) is 10.1 Å². The standard InChI is InChI=1S/C20H23N3O4S/c1-26-19(25)22-18-21-15-7-10-23(13-16(15)28-18)17(24)20(8-11-27-12-9-20)14-5-3-2-4-6-14/h2-6H,7-13H2,1H3,(H,21,22,25). The number of nitrogens with zero attached hydrogens (tertiary/aromatic N) is 2. The van der Waals surface area contributed by atoms with Gasteiger partial charge in [0, 0.05) is 31.1 Å². The van der Waals surface area contributed by atoms with Crippen LogP contribution in [-0.2, 0) is 32.6 Å². The molecule has 0 radical (unpaired) electrons. The van der Waals surface area contributed by atoms with Crippen LogP contribution in [0.15, 0.2) is 30.3 Å². The minimum absolute atomic E-state index is 0.156. The molecular weight excluding hydrogens is 378 g/mol. The molecule has 1 N–H and O–H groups in total. The summed E-state index contributed by atoms with van der Waals surface area (Å²) >= 11 is 1.40. The molecule has 2 aliphatic heterocycles. The number of methoxy groups -OCH3 is 1. The predicted molar refractivity (Wildman–Crippen MR) is 105 cm³/mol. The van der Waals surface area contributed by atoms with Crippen LogP contribution in [0.1, 0.15) is 29.0 Å². The third-order valence-corrected chi connectivity index (χ3v) is 6.49.